The quantitative estimate of drug-likeness (QED) is 0.552. The number of anilines is 1. The fraction of sp³-hybridized carbons (Fsp3) is 0.133. The minimum absolute atomic E-state index is 0.0570. The first-order valence-corrected chi connectivity index (χ1v) is 8.95. The summed E-state index contributed by atoms with van der Waals surface area (Å²) < 4.78 is 6.36. The zero-order chi connectivity index (χ0) is 17.4. The van der Waals surface area contributed by atoms with Gasteiger partial charge in [0.15, 0.2) is 0 Å². The molecular weight excluding hydrogens is 362 g/mol. The number of carbonyl (C=O) groups is 2. The zero-order valence-electron chi connectivity index (χ0n) is 12.9. The molecule has 1 N–H and O–H groups in total. The van der Waals surface area contributed by atoms with Crippen LogP contribution in [0.3, 0.4) is 0 Å². The van der Waals surface area contributed by atoms with E-state index < -0.39 is 12.0 Å². The Morgan fingerprint density at radius 1 is 1.24 bits per heavy atom. The number of hydrogen-bond donors (Lipinski definition) is 1. The summed E-state index contributed by atoms with van der Waals surface area (Å²) in [6.45, 7) is 0. The van der Waals surface area contributed by atoms with Gasteiger partial charge >= 0.3 is 5.97 Å². The van der Waals surface area contributed by atoms with Crippen molar-refractivity contribution in [3.63, 3.8) is 0 Å². The number of allylic oxidation sites excluding steroid dienone is 1. The molecule has 0 radical (unpaired) electrons. The van der Waals surface area contributed by atoms with Crippen LogP contribution < -0.4 is 5.32 Å². The van der Waals surface area contributed by atoms with Crippen LogP contribution in [0.15, 0.2) is 46.3 Å². The second kappa shape index (κ2) is 6.22. The molecule has 0 saturated carbocycles. The Balaban J connectivity index is 1.95. The number of thiophene rings is 2. The van der Waals surface area contributed by atoms with Crippen molar-refractivity contribution in [3.8, 4) is 0 Å². The van der Waals surface area contributed by atoms with Crippen LogP contribution in [0.1, 0.15) is 20.6 Å². The fourth-order valence-corrected chi connectivity index (χ4v) is 4.13. The monoisotopic (exact) mass is 373 g/mol. The Morgan fingerprint density at radius 2 is 2.04 bits per heavy atom. The van der Waals surface area contributed by atoms with Gasteiger partial charge in [-0.2, -0.15) is 4.68 Å². The summed E-state index contributed by atoms with van der Waals surface area (Å²) in [7, 11) is 1.27. The van der Waals surface area contributed by atoms with Gasteiger partial charge in [-0.15, -0.1) is 22.7 Å². The summed E-state index contributed by atoms with van der Waals surface area (Å²) in [5.74, 6) is -0.625. The Kier molecular flexibility index (Phi) is 3.90. The second-order valence-corrected chi connectivity index (χ2v) is 7.00. The van der Waals surface area contributed by atoms with E-state index in [9.17, 15) is 9.59 Å². The molecule has 0 amide bonds. The van der Waals surface area contributed by atoms with Crippen molar-refractivity contribution in [3.05, 3.63) is 56.1 Å². The van der Waals surface area contributed by atoms with Crippen LogP contribution in [0.2, 0.25) is 0 Å². The lowest BCUT2D eigenvalue weighted by Crippen LogP contribution is -2.32. The second-order valence-electron chi connectivity index (χ2n) is 5.08. The molecule has 0 spiro atoms. The largest absolute Gasteiger partial charge is 0.464 e. The fourth-order valence-electron chi connectivity index (χ4n) is 2.64. The molecule has 3 aromatic heterocycles. The van der Waals surface area contributed by atoms with E-state index in [1.165, 1.54) is 34.5 Å². The number of ether oxygens (including phenoxy) is 1. The third kappa shape index (κ3) is 2.55. The van der Waals surface area contributed by atoms with Gasteiger partial charge in [0.1, 0.15) is 11.7 Å². The van der Waals surface area contributed by atoms with E-state index in [1.807, 2.05) is 22.9 Å². The predicted molar refractivity (Wildman–Crippen MR) is 91.6 cm³/mol. The van der Waals surface area contributed by atoms with Gasteiger partial charge < -0.3 is 10.1 Å². The van der Waals surface area contributed by atoms with Crippen LogP contribution >= 0.6 is 22.7 Å². The molecule has 1 atom stereocenters. The minimum Gasteiger partial charge on any atom is -0.464 e. The van der Waals surface area contributed by atoms with Crippen molar-refractivity contribution in [2.24, 2.45) is 0 Å². The first kappa shape index (κ1) is 15.7. The molecule has 126 valence electrons. The molecule has 0 aromatic carbocycles. The number of nitrogens with one attached hydrogen (secondary N) is 1. The van der Waals surface area contributed by atoms with Crippen LogP contribution in [-0.4, -0.2) is 39.1 Å². The third-order valence-electron chi connectivity index (χ3n) is 3.71. The van der Waals surface area contributed by atoms with Crippen molar-refractivity contribution >= 4 is 40.4 Å². The van der Waals surface area contributed by atoms with Crippen molar-refractivity contribution in [1.82, 2.24) is 20.2 Å². The number of esters is 1. The molecule has 8 nitrogen and oxygen atoms in total. The highest BCUT2D eigenvalue weighted by molar-refractivity contribution is 7.12. The summed E-state index contributed by atoms with van der Waals surface area (Å²) in [6.07, 6.45) is 0. The van der Waals surface area contributed by atoms with Gasteiger partial charge in [-0.05, 0) is 33.3 Å². The SMILES string of the molecule is COC(=O)C1=C(C(=O)c2cccs2)[C@H](c2cccs2)n2nnnc2N1. The maximum Gasteiger partial charge on any atom is 0.355 e. The van der Waals surface area contributed by atoms with E-state index in [4.69, 9.17) is 4.74 Å². The van der Waals surface area contributed by atoms with E-state index in [-0.39, 0.29) is 23.0 Å². The zero-order valence-corrected chi connectivity index (χ0v) is 14.5. The maximum absolute atomic E-state index is 13.2. The van der Waals surface area contributed by atoms with E-state index in [1.54, 1.807) is 12.1 Å². The van der Waals surface area contributed by atoms with E-state index in [0.717, 1.165) is 4.88 Å². The van der Waals surface area contributed by atoms with Crippen molar-refractivity contribution in [2.45, 2.75) is 6.04 Å². The molecule has 0 unspecified atom stereocenters. The molecule has 3 aromatic rings. The topological polar surface area (TPSA) is 99.0 Å². The van der Waals surface area contributed by atoms with Crippen LogP contribution in [0.25, 0.3) is 0 Å². The summed E-state index contributed by atoms with van der Waals surface area (Å²) in [5.41, 5.74) is 0.318. The Morgan fingerprint density at radius 3 is 2.72 bits per heavy atom. The summed E-state index contributed by atoms with van der Waals surface area (Å²) in [5, 5.41) is 18.1. The van der Waals surface area contributed by atoms with E-state index in [0.29, 0.717) is 4.88 Å². The average Bonchev–Trinajstić information content (AvgIpc) is 3.40. The maximum atomic E-state index is 13.2. The lowest BCUT2D eigenvalue weighted by molar-refractivity contribution is -0.136. The number of fused-ring (bicyclic) bond motifs is 1. The van der Waals surface area contributed by atoms with Crippen LogP contribution in [0.4, 0.5) is 5.95 Å². The summed E-state index contributed by atoms with van der Waals surface area (Å²) in [4.78, 5) is 26.9. The highest BCUT2D eigenvalue weighted by Crippen LogP contribution is 2.38. The van der Waals surface area contributed by atoms with Crippen LogP contribution in [-0.2, 0) is 9.53 Å². The summed E-state index contributed by atoms with van der Waals surface area (Å²) in [6, 6.07) is 6.65. The van der Waals surface area contributed by atoms with Gasteiger partial charge in [0.25, 0.3) is 0 Å². The molecular formula is C15H11N5O3S2. The van der Waals surface area contributed by atoms with Gasteiger partial charge in [-0.3, -0.25) is 4.79 Å². The van der Waals surface area contributed by atoms with E-state index >= 15 is 0 Å². The minimum atomic E-state index is -0.643. The van der Waals surface area contributed by atoms with Crippen molar-refractivity contribution in [1.29, 1.82) is 0 Å². The molecule has 0 aliphatic carbocycles. The number of nitrogens with zero attached hydrogens (tertiary/aromatic N) is 4. The van der Waals surface area contributed by atoms with Gasteiger partial charge in [0, 0.05) is 4.88 Å². The number of methoxy groups -OCH3 is 1. The standard InChI is InChI=1S/C15H11N5O3S2/c1-23-14(22)11-10(13(21)9-5-3-7-25-9)12(8-4-2-6-24-8)20-15(16-11)17-18-19-20/h2-7,12H,1H3,(H,16,17,19)/t12-/m0/s1. The number of ketones is 1. The number of carbonyl (C=O) groups excluding carboxylic acids is 2. The third-order valence-corrected chi connectivity index (χ3v) is 5.50. The molecule has 0 fully saturated rings. The number of aromatic nitrogens is 4. The lowest BCUT2D eigenvalue weighted by atomic mass is 9.96. The predicted octanol–water partition coefficient (Wildman–Crippen LogP) is 2.12. The summed E-state index contributed by atoms with van der Waals surface area (Å²) >= 11 is 2.76. The highest BCUT2D eigenvalue weighted by Gasteiger charge is 2.39. The van der Waals surface area contributed by atoms with Gasteiger partial charge in [0.2, 0.25) is 11.7 Å². The average molecular weight is 373 g/mol. The van der Waals surface area contributed by atoms with Gasteiger partial charge in [-0.25, -0.2) is 4.79 Å². The first-order valence-electron chi connectivity index (χ1n) is 7.19. The first-order chi connectivity index (χ1) is 12.2. The molecule has 1 aliphatic rings. The van der Waals surface area contributed by atoms with Crippen LogP contribution in [0, 0.1) is 0 Å². The smallest absolute Gasteiger partial charge is 0.355 e. The van der Waals surface area contributed by atoms with Crippen molar-refractivity contribution < 1.29 is 14.3 Å². The molecule has 1 aliphatic heterocycles. The Hall–Kier alpha value is -2.85. The van der Waals surface area contributed by atoms with Crippen LogP contribution in [0.5, 0.6) is 0 Å². The molecule has 0 bridgehead atoms. The Bertz CT molecular complexity index is 959. The molecule has 25 heavy (non-hydrogen) atoms. The molecule has 10 heteroatoms. The van der Waals surface area contributed by atoms with Gasteiger partial charge in [0.05, 0.1) is 17.6 Å². The lowest BCUT2D eigenvalue weighted by Gasteiger charge is -2.26. The number of tetrazole rings is 1. The van der Waals surface area contributed by atoms with Gasteiger partial charge in [-0.1, -0.05) is 17.2 Å². The number of Topliss-reactive ketones (excluding diaryl/α,β-unsaturated/α-hetero) is 1. The molecule has 4 heterocycles. The Labute approximate surface area is 149 Å². The molecule has 0 saturated heterocycles. The number of hydrogen-bond acceptors (Lipinski definition) is 9. The normalized spacial score (nSPS) is 16.3. The highest BCUT2D eigenvalue weighted by atomic mass is 32.1. The number of rotatable bonds is 4. The molecule has 4 rings (SSSR count). The van der Waals surface area contributed by atoms with E-state index in [2.05, 4.69) is 20.8 Å². The van der Waals surface area contributed by atoms with Crippen molar-refractivity contribution in [2.75, 3.05) is 12.4 Å².